The zero-order chi connectivity index (χ0) is 24.2. The first-order chi connectivity index (χ1) is 14.8. The largest absolute Gasteiger partial charge is 0.511 e. The lowest BCUT2D eigenvalue weighted by Crippen LogP contribution is -2.41. The van der Waals surface area contributed by atoms with Gasteiger partial charge in [0.2, 0.25) is 12.4 Å². The van der Waals surface area contributed by atoms with E-state index in [0.29, 0.717) is 5.56 Å². The third-order valence-electron chi connectivity index (χ3n) is 4.05. The highest BCUT2D eigenvalue weighted by molar-refractivity contribution is 5.96. The molecule has 0 bridgehead atoms. The molecular weight excluding hydrogens is 443 g/mol. The molecule has 1 aromatic rings. The number of esters is 1. The van der Waals surface area contributed by atoms with E-state index in [1.54, 1.807) is 26.0 Å². The molecule has 13 heteroatoms. The van der Waals surface area contributed by atoms with Crippen molar-refractivity contribution in [2.75, 3.05) is 6.61 Å². The van der Waals surface area contributed by atoms with Crippen LogP contribution in [-0.4, -0.2) is 48.5 Å². The molecule has 1 heterocycles. The van der Waals surface area contributed by atoms with E-state index in [9.17, 15) is 32.9 Å². The van der Waals surface area contributed by atoms with Crippen LogP contribution in [0, 0.1) is 24.0 Å². The SMILES string of the molecule is Cc1cc(C)c2c(c1)C=C(C(=O)OC(C)OC(=O)OC[C@H](C)O[N+](=O)[O-])C(C(F)(F)F)O2. The van der Waals surface area contributed by atoms with E-state index in [0.717, 1.165) is 18.6 Å². The summed E-state index contributed by atoms with van der Waals surface area (Å²) in [4.78, 5) is 38.3. The maximum Gasteiger partial charge on any atom is 0.511 e. The Hall–Kier alpha value is -3.51. The van der Waals surface area contributed by atoms with Gasteiger partial charge in [0.25, 0.3) is 5.09 Å². The van der Waals surface area contributed by atoms with E-state index >= 15 is 0 Å². The molecule has 10 nitrogen and oxygen atoms in total. The fourth-order valence-corrected chi connectivity index (χ4v) is 2.86. The number of rotatable bonds is 7. The smallest absolute Gasteiger partial charge is 0.475 e. The summed E-state index contributed by atoms with van der Waals surface area (Å²) in [7, 11) is 0. The second kappa shape index (κ2) is 9.75. The van der Waals surface area contributed by atoms with E-state index < -0.39 is 54.1 Å². The first-order valence-electron chi connectivity index (χ1n) is 9.19. The Balaban J connectivity index is 2.09. The monoisotopic (exact) mass is 463 g/mol. The van der Waals surface area contributed by atoms with Gasteiger partial charge in [0.15, 0.2) is 0 Å². The number of nitrogens with zero attached hydrogens (tertiary/aromatic N) is 1. The summed E-state index contributed by atoms with van der Waals surface area (Å²) in [6, 6.07) is 3.19. The maximum atomic E-state index is 13.5. The van der Waals surface area contributed by atoms with Crippen LogP contribution >= 0.6 is 0 Å². The van der Waals surface area contributed by atoms with Gasteiger partial charge in [-0.1, -0.05) is 11.6 Å². The summed E-state index contributed by atoms with van der Waals surface area (Å²) >= 11 is 0. The van der Waals surface area contributed by atoms with Crippen LogP contribution in [0.25, 0.3) is 6.08 Å². The van der Waals surface area contributed by atoms with E-state index in [1.807, 2.05) is 0 Å². The number of aryl methyl sites for hydroxylation is 2. The molecule has 32 heavy (non-hydrogen) atoms. The standard InChI is InChI=1S/C19H20F3NO9/c1-9-5-10(2)15-13(6-9)7-14(16(31-15)19(20,21)22)17(24)29-12(4)30-18(25)28-8-11(3)32-23(26)27/h5-7,11-12,16H,8H2,1-4H3/t11-,12?,16?/m0/s1. The number of carbonyl (C=O) groups is 2. The highest BCUT2D eigenvalue weighted by Gasteiger charge is 2.49. The molecular formula is C19H20F3NO9. The normalized spacial score (nSPS) is 17.1. The maximum absolute atomic E-state index is 13.5. The van der Waals surface area contributed by atoms with Gasteiger partial charge >= 0.3 is 18.3 Å². The Kier molecular flexibility index (Phi) is 7.54. The fourth-order valence-electron chi connectivity index (χ4n) is 2.86. The first kappa shape index (κ1) is 24.8. The van der Waals surface area contributed by atoms with Crippen LogP contribution in [0.1, 0.15) is 30.5 Å². The Bertz CT molecular complexity index is 929. The second-order valence-corrected chi connectivity index (χ2v) is 6.93. The van der Waals surface area contributed by atoms with Crippen molar-refractivity contribution < 1.29 is 51.6 Å². The second-order valence-electron chi connectivity index (χ2n) is 6.93. The van der Waals surface area contributed by atoms with Gasteiger partial charge in [0.05, 0.1) is 5.57 Å². The van der Waals surface area contributed by atoms with Gasteiger partial charge in [0, 0.05) is 12.5 Å². The molecule has 1 aromatic carbocycles. The number of carbonyl (C=O) groups excluding carboxylic acids is 2. The molecule has 0 saturated carbocycles. The predicted octanol–water partition coefficient (Wildman–Crippen LogP) is 3.65. The molecule has 0 spiro atoms. The Morgan fingerprint density at radius 1 is 1.22 bits per heavy atom. The number of hydrogen-bond donors (Lipinski definition) is 0. The van der Waals surface area contributed by atoms with Crippen LogP contribution in [0.15, 0.2) is 17.7 Å². The van der Waals surface area contributed by atoms with Gasteiger partial charge in [-0.3, -0.25) is 0 Å². The van der Waals surface area contributed by atoms with Gasteiger partial charge in [-0.15, -0.1) is 10.1 Å². The minimum Gasteiger partial charge on any atom is -0.475 e. The van der Waals surface area contributed by atoms with Crippen LogP contribution in [-0.2, 0) is 23.8 Å². The van der Waals surface area contributed by atoms with Gasteiger partial charge in [-0.25, -0.2) is 9.59 Å². The third kappa shape index (κ3) is 6.49. The number of alkyl halides is 3. The summed E-state index contributed by atoms with van der Waals surface area (Å²) in [5.74, 6) is -1.42. The summed E-state index contributed by atoms with van der Waals surface area (Å²) < 4.78 is 59.6. The number of benzene rings is 1. The van der Waals surface area contributed by atoms with Crippen molar-refractivity contribution in [2.45, 2.75) is 52.4 Å². The van der Waals surface area contributed by atoms with E-state index in [4.69, 9.17) is 9.47 Å². The van der Waals surface area contributed by atoms with Crippen LogP contribution in [0.2, 0.25) is 0 Å². The van der Waals surface area contributed by atoms with Crippen molar-refractivity contribution in [3.63, 3.8) is 0 Å². The van der Waals surface area contributed by atoms with Crippen LogP contribution in [0.5, 0.6) is 5.75 Å². The van der Waals surface area contributed by atoms with Gasteiger partial charge in [0.1, 0.15) is 18.5 Å². The summed E-state index contributed by atoms with van der Waals surface area (Å²) in [5.41, 5.74) is 0.649. The molecule has 0 amide bonds. The van der Waals surface area contributed by atoms with Crippen LogP contribution in [0.3, 0.4) is 0 Å². The van der Waals surface area contributed by atoms with Gasteiger partial charge in [-0.2, -0.15) is 13.2 Å². The molecule has 2 unspecified atom stereocenters. The molecule has 0 aromatic heterocycles. The molecule has 0 aliphatic carbocycles. The topological polar surface area (TPSA) is 123 Å². The van der Waals surface area contributed by atoms with Gasteiger partial charge in [-0.05, 0) is 38.5 Å². The van der Waals surface area contributed by atoms with Crippen LogP contribution in [0.4, 0.5) is 18.0 Å². The van der Waals surface area contributed by atoms with E-state index in [-0.39, 0.29) is 11.3 Å². The Labute approximate surface area is 179 Å². The van der Waals surface area contributed by atoms with Crippen LogP contribution < -0.4 is 4.74 Å². The molecule has 1 aliphatic rings. The van der Waals surface area contributed by atoms with Crippen molar-refractivity contribution >= 4 is 18.2 Å². The zero-order valence-electron chi connectivity index (χ0n) is 17.4. The predicted molar refractivity (Wildman–Crippen MR) is 99.9 cm³/mol. The molecule has 2 rings (SSSR count). The molecule has 176 valence electrons. The van der Waals surface area contributed by atoms with Crippen molar-refractivity contribution in [3.05, 3.63) is 44.5 Å². The summed E-state index contributed by atoms with van der Waals surface area (Å²) in [6.07, 6.45) is -10.6. The van der Waals surface area contributed by atoms with Crippen molar-refractivity contribution in [1.29, 1.82) is 0 Å². The summed E-state index contributed by atoms with van der Waals surface area (Å²) in [6.45, 7) is 5.08. The average Bonchev–Trinajstić information content (AvgIpc) is 2.63. The van der Waals surface area contributed by atoms with Crippen molar-refractivity contribution in [1.82, 2.24) is 0 Å². The lowest BCUT2D eigenvalue weighted by molar-refractivity contribution is -0.767. The average molecular weight is 463 g/mol. The highest BCUT2D eigenvalue weighted by Crippen LogP contribution is 2.39. The lowest BCUT2D eigenvalue weighted by Gasteiger charge is -2.29. The third-order valence-corrected chi connectivity index (χ3v) is 4.05. The molecule has 1 aliphatic heterocycles. The molecule has 0 fully saturated rings. The molecule has 0 saturated heterocycles. The van der Waals surface area contributed by atoms with E-state index in [1.165, 1.54) is 6.92 Å². The number of ether oxygens (including phenoxy) is 4. The minimum atomic E-state index is -4.92. The fraction of sp³-hybridized carbons (Fsp3) is 0.474. The zero-order valence-corrected chi connectivity index (χ0v) is 17.4. The van der Waals surface area contributed by atoms with Crippen molar-refractivity contribution in [2.24, 2.45) is 0 Å². The number of halogens is 3. The number of hydrogen-bond acceptors (Lipinski definition) is 9. The highest BCUT2D eigenvalue weighted by atomic mass is 19.4. The Morgan fingerprint density at radius 3 is 2.47 bits per heavy atom. The summed E-state index contributed by atoms with van der Waals surface area (Å²) in [5, 5.41) is 9.09. The molecule has 0 N–H and O–H groups in total. The molecule has 0 radical (unpaired) electrons. The first-order valence-corrected chi connectivity index (χ1v) is 9.19. The lowest BCUT2D eigenvalue weighted by atomic mass is 9.97. The Morgan fingerprint density at radius 2 is 1.88 bits per heavy atom. The minimum absolute atomic E-state index is 0.00610. The van der Waals surface area contributed by atoms with Gasteiger partial charge < -0.3 is 23.8 Å². The quantitative estimate of drug-likeness (QED) is 0.258. The van der Waals surface area contributed by atoms with E-state index in [2.05, 4.69) is 14.3 Å². The van der Waals surface area contributed by atoms with Crippen molar-refractivity contribution in [3.8, 4) is 5.75 Å². The number of fused-ring (bicyclic) bond motifs is 1. The molecule has 3 atom stereocenters.